The number of allylic oxidation sites excluding steroid dienone is 3. The fraction of sp³-hybridized carbons (Fsp3) is 0.905. The molecule has 6 nitrogen and oxygen atoms in total. The number of nitrogens with one attached hydrogen (secondary N) is 1. The molecule has 0 aliphatic heterocycles. The zero-order valence-corrected chi connectivity index (χ0v) is 46.6. The Morgan fingerprint density at radius 2 is 0.681 bits per heavy atom. The Hall–Kier alpha value is -1.66. The predicted octanol–water partition coefficient (Wildman–Crippen LogP) is 19.4. The summed E-state index contributed by atoms with van der Waals surface area (Å²) in [5, 5.41) is 23.1. The maximum atomic E-state index is 12.4. The van der Waals surface area contributed by atoms with Crippen LogP contribution < -0.4 is 5.32 Å². The van der Waals surface area contributed by atoms with Gasteiger partial charge in [-0.3, -0.25) is 9.59 Å². The SMILES string of the molecule is CCCCCCCC/C=C\CCCCCCCCCCCC(=O)OCCCCCCCCCCCCCCCCCCCCCCC(=O)NC(CO)C(O)/C=C/CCCCCCCCCCCCC. The van der Waals surface area contributed by atoms with E-state index in [1.807, 2.05) is 6.08 Å². The van der Waals surface area contributed by atoms with Crippen LogP contribution in [0, 0.1) is 0 Å². The first kappa shape index (κ1) is 67.3. The van der Waals surface area contributed by atoms with Crippen molar-refractivity contribution < 1.29 is 24.5 Å². The second-order valence-electron chi connectivity index (χ2n) is 21.4. The van der Waals surface area contributed by atoms with Crippen LogP contribution in [0.15, 0.2) is 24.3 Å². The van der Waals surface area contributed by atoms with Crippen LogP contribution in [0.25, 0.3) is 0 Å². The number of amides is 1. The molecular weight excluding hydrogens is 851 g/mol. The van der Waals surface area contributed by atoms with Crippen LogP contribution in [0.4, 0.5) is 0 Å². The van der Waals surface area contributed by atoms with Gasteiger partial charge in [-0.25, -0.2) is 0 Å². The van der Waals surface area contributed by atoms with E-state index in [0.29, 0.717) is 19.4 Å². The first-order valence-corrected chi connectivity index (χ1v) is 31.1. The summed E-state index contributed by atoms with van der Waals surface area (Å²) in [5.74, 6) is -0.0592. The number of aliphatic hydroxyl groups excluding tert-OH is 2. The molecule has 3 N–H and O–H groups in total. The zero-order chi connectivity index (χ0) is 50.0. The molecule has 2 unspecified atom stereocenters. The van der Waals surface area contributed by atoms with Gasteiger partial charge < -0.3 is 20.3 Å². The van der Waals surface area contributed by atoms with Gasteiger partial charge in [-0.1, -0.05) is 295 Å². The molecule has 0 fully saturated rings. The molecule has 408 valence electrons. The standard InChI is InChI=1S/C63H121NO5/c1-3-5-7-9-11-13-15-17-18-19-22-26-29-33-37-41-45-49-53-57-63(68)69-58-54-50-46-42-38-34-30-27-24-21-20-23-25-28-32-36-40-44-48-52-56-62(67)64-60(59-65)61(66)55-51-47-43-39-35-31-16-14-12-10-8-6-4-2/h17-18,51,55,60-61,65-66H,3-16,19-50,52-54,56-59H2,1-2H3,(H,64,67)/b18-17-,55-51+. The highest BCUT2D eigenvalue weighted by molar-refractivity contribution is 5.76. The summed E-state index contributed by atoms with van der Waals surface area (Å²) in [7, 11) is 0. The highest BCUT2D eigenvalue weighted by atomic mass is 16.5. The summed E-state index contributed by atoms with van der Waals surface area (Å²) < 4.78 is 5.50. The summed E-state index contributed by atoms with van der Waals surface area (Å²) in [6, 6.07) is -0.628. The van der Waals surface area contributed by atoms with Crippen molar-refractivity contribution in [3.8, 4) is 0 Å². The third-order valence-corrected chi connectivity index (χ3v) is 14.5. The minimum Gasteiger partial charge on any atom is -0.466 e. The van der Waals surface area contributed by atoms with Gasteiger partial charge in [0.25, 0.3) is 0 Å². The van der Waals surface area contributed by atoms with Crippen molar-refractivity contribution in [2.75, 3.05) is 13.2 Å². The van der Waals surface area contributed by atoms with Crippen LogP contribution in [0.5, 0.6) is 0 Å². The van der Waals surface area contributed by atoms with E-state index in [1.165, 1.54) is 270 Å². The predicted molar refractivity (Wildman–Crippen MR) is 301 cm³/mol. The van der Waals surface area contributed by atoms with Crippen molar-refractivity contribution >= 4 is 11.9 Å². The molecule has 1 amide bonds. The molecule has 0 aliphatic carbocycles. The average Bonchev–Trinajstić information content (AvgIpc) is 3.35. The van der Waals surface area contributed by atoms with Crippen LogP contribution in [0.1, 0.15) is 341 Å². The summed E-state index contributed by atoms with van der Waals surface area (Å²) in [5.41, 5.74) is 0. The monoisotopic (exact) mass is 972 g/mol. The molecule has 6 heteroatoms. The highest BCUT2D eigenvalue weighted by Gasteiger charge is 2.18. The lowest BCUT2D eigenvalue weighted by Crippen LogP contribution is -2.45. The second kappa shape index (κ2) is 58.9. The van der Waals surface area contributed by atoms with Gasteiger partial charge in [0.15, 0.2) is 0 Å². The lowest BCUT2D eigenvalue weighted by molar-refractivity contribution is -0.143. The van der Waals surface area contributed by atoms with Crippen molar-refractivity contribution in [3.63, 3.8) is 0 Å². The summed E-state index contributed by atoms with van der Waals surface area (Å²) in [4.78, 5) is 24.5. The number of esters is 1. The summed E-state index contributed by atoms with van der Waals surface area (Å²) in [6.45, 7) is 4.91. The van der Waals surface area contributed by atoms with Crippen LogP contribution in [0.2, 0.25) is 0 Å². The molecule has 0 bridgehead atoms. The normalized spacial score (nSPS) is 12.7. The Labute approximate surface area is 431 Å². The van der Waals surface area contributed by atoms with Crippen molar-refractivity contribution in [1.29, 1.82) is 0 Å². The summed E-state index contributed by atoms with van der Waals surface area (Å²) >= 11 is 0. The molecule has 0 saturated heterocycles. The Balaban J connectivity index is 3.38. The van der Waals surface area contributed by atoms with E-state index in [0.717, 1.165) is 44.9 Å². The fourth-order valence-electron chi connectivity index (χ4n) is 9.69. The van der Waals surface area contributed by atoms with E-state index in [-0.39, 0.29) is 18.5 Å². The van der Waals surface area contributed by atoms with Crippen LogP contribution in [0.3, 0.4) is 0 Å². The number of unbranched alkanes of at least 4 members (excludes halogenated alkanes) is 45. The Bertz CT molecular complexity index is 1080. The number of carbonyl (C=O) groups is 2. The molecule has 0 heterocycles. The van der Waals surface area contributed by atoms with E-state index >= 15 is 0 Å². The molecule has 0 aliphatic rings. The van der Waals surface area contributed by atoms with Gasteiger partial charge in [0.05, 0.1) is 25.4 Å². The average molecular weight is 973 g/mol. The Morgan fingerprint density at radius 3 is 1.03 bits per heavy atom. The molecule has 0 spiro atoms. The number of aliphatic hydroxyl groups is 2. The molecular formula is C63H121NO5. The number of hydrogen-bond donors (Lipinski definition) is 3. The van der Waals surface area contributed by atoms with Gasteiger partial charge >= 0.3 is 5.97 Å². The molecule has 0 rings (SSSR count). The van der Waals surface area contributed by atoms with Crippen molar-refractivity contribution in [2.45, 2.75) is 353 Å². The first-order valence-electron chi connectivity index (χ1n) is 31.1. The van der Waals surface area contributed by atoms with E-state index in [4.69, 9.17) is 4.74 Å². The smallest absolute Gasteiger partial charge is 0.305 e. The largest absolute Gasteiger partial charge is 0.466 e. The molecule has 69 heavy (non-hydrogen) atoms. The van der Waals surface area contributed by atoms with Crippen LogP contribution in [-0.4, -0.2) is 47.4 Å². The third-order valence-electron chi connectivity index (χ3n) is 14.5. The minimum absolute atomic E-state index is 0.00982. The summed E-state index contributed by atoms with van der Waals surface area (Å²) in [6.07, 6.45) is 72.2. The Kier molecular flexibility index (Phi) is 57.5. The van der Waals surface area contributed by atoms with Gasteiger partial charge in [-0.05, 0) is 57.8 Å². The zero-order valence-electron chi connectivity index (χ0n) is 46.6. The van der Waals surface area contributed by atoms with Crippen molar-refractivity contribution in [1.82, 2.24) is 5.32 Å². The third kappa shape index (κ3) is 55.5. The minimum atomic E-state index is -0.845. The van der Waals surface area contributed by atoms with E-state index in [9.17, 15) is 19.8 Å². The van der Waals surface area contributed by atoms with Crippen LogP contribution >= 0.6 is 0 Å². The second-order valence-corrected chi connectivity index (χ2v) is 21.4. The van der Waals surface area contributed by atoms with Gasteiger partial charge in [0.2, 0.25) is 5.91 Å². The highest BCUT2D eigenvalue weighted by Crippen LogP contribution is 2.17. The number of carbonyl (C=O) groups excluding carboxylic acids is 2. The molecule has 0 aromatic rings. The van der Waals surface area contributed by atoms with Crippen molar-refractivity contribution in [3.05, 3.63) is 24.3 Å². The van der Waals surface area contributed by atoms with Gasteiger partial charge in [0, 0.05) is 12.8 Å². The molecule has 0 aromatic carbocycles. The maximum Gasteiger partial charge on any atom is 0.305 e. The number of rotatable bonds is 58. The lowest BCUT2D eigenvalue weighted by Gasteiger charge is -2.20. The lowest BCUT2D eigenvalue weighted by atomic mass is 10.0. The van der Waals surface area contributed by atoms with Gasteiger partial charge in [-0.15, -0.1) is 0 Å². The quantitative estimate of drug-likeness (QED) is 0.0321. The van der Waals surface area contributed by atoms with Crippen LogP contribution in [-0.2, 0) is 14.3 Å². The fourth-order valence-corrected chi connectivity index (χ4v) is 9.69. The number of hydrogen-bond acceptors (Lipinski definition) is 5. The maximum absolute atomic E-state index is 12.4. The molecule has 2 atom stereocenters. The molecule has 0 saturated carbocycles. The molecule has 0 radical (unpaired) electrons. The molecule has 0 aromatic heterocycles. The Morgan fingerprint density at radius 1 is 0.391 bits per heavy atom. The van der Waals surface area contributed by atoms with Crippen molar-refractivity contribution in [2.24, 2.45) is 0 Å². The van der Waals surface area contributed by atoms with Gasteiger partial charge in [0.1, 0.15) is 0 Å². The van der Waals surface area contributed by atoms with E-state index in [1.54, 1.807) is 6.08 Å². The van der Waals surface area contributed by atoms with Gasteiger partial charge in [-0.2, -0.15) is 0 Å². The first-order chi connectivity index (χ1) is 34.0. The topological polar surface area (TPSA) is 95.9 Å². The number of ether oxygens (including phenoxy) is 1. The van der Waals surface area contributed by atoms with E-state index in [2.05, 4.69) is 31.3 Å². The van der Waals surface area contributed by atoms with E-state index < -0.39 is 12.1 Å².